The van der Waals surface area contributed by atoms with Crippen molar-refractivity contribution < 1.29 is 28.6 Å². The molecular weight excluding hydrogens is 518 g/mol. The molecule has 0 heterocycles. The Bertz CT molecular complexity index is 1260. The Morgan fingerprint density at radius 1 is 0.800 bits per heavy atom. The minimum Gasteiger partial charge on any atom is -0.497 e. The van der Waals surface area contributed by atoms with Gasteiger partial charge in [0.05, 0.1) is 25.5 Å². The molecule has 2 amide bonds. The summed E-state index contributed by atoms with van der Waals surface area (Å²) in [7, 11) is 2.97. The second-order valence-corrected chi connectivity index (χ2v) is 8.00. The number of ether oxygens (including phenoxy) is 3. The monoisotopic (exact) mass is 539 g/mol. The van der Waals surface area contributed by atoms with Gasteiger partial charge in [-0.2, -0.15) is 5.10 Å². The lowest BCUT2D eigenvalue weighted by Gasteiger charge is -2.11. The van der Waals surface area contributed by atoms with E-state index >= 15 is 0 Å². The maximum atomic E-state index is 12.5. The van der Waals surface area contributed by atoms with Gasteiger partial charge in [-0.3, -0.25) is 9.59 Å². The maximum Gasteiger partial charge on any atom is 0.343 e. The predicted octanol–water partition coefficient (Wildman–Crippen LogP) is 4.16. The standard InChI is InChI=1S/C25H22BrN3O6/c1-15(28-29-24(31)23(30)27-19-9-7-18(26)8-10-19)17-6-13-21(22(14-17)34-3)35-25(32)16-4-11-20(33-2)12-5-16/h4-14H,1-3H3,(H,27,30)(H,29,31)/b28-15+. The Hall–Kier alpha value is -4.18. The van der Waals surface area contributed by atoms with Gasteiger partial charge in [0.1, 0.15) is 5.75 Å². The summed E-state index contributed by atoms with van der Waals surface area (Å²) in [4.78, 5) is 36.6. The SMILES string of the molecule is COc1ccc(C(=O)Oc2ccc(/C(C)=N/NC(=O)C(=O)Nc3ccc(Br)cc3)cc2OC)cc1. The van der Waals surface area contributed by atoms with E-state index in [4.69, 9.17) is 14.2 Å². The third-order valence-electron chi connectivity index (χ3n) is 4.74. The molecule has 2 N–H and O–H groups in total. The molecule has 35 heavy (non-hydrogen) atoms. The highest BCUT2D eigenvalue weighted by Crippen LogP contribution is 2.29. The molecule has 10 heteroatoms. The van der Waals surface area contributed by atoms with E-state index in [9.17, 15) is 14.4 Å². The molecule has 180 valence electrons. The van der Waals surface area contributed by atoms with E-state index < -0.39 is 17.8 Å². The van der Waals surface area contributed by atoms with Crippen molar-refractivity contribution in [2.24, 2.45) is 5.10 Å². The second kappa shape index (κ2) is 11.8. The first kappa shape index (κ1) is 25.4. The molecule has 0 aliphatic carbocycles. The number of halogens is 1. The third-order valence-corrected chi connectivity index (χ3v) is 5.27. The Morgan fingerprint density at radius 2 is 1.46 bits per heavy atom. The molecule has 3 aromatic rings. The van der Waals surface area contributed by atoms with Gasteiger partial charge in [-0.25, -0.2) is 10.2 Å². The van der Waals surface area contributed by atoms with Gasteiger partial charge in [-0.15, -0.1) is 0 Å². The zero-order valence-corrected chi connectivity index (χ0v) is 20.7. The zero-order chi connectivity index (χ0) is 25.4. The summed E-state index contributed by atoms with van der Waals surface area (Å²) in [6.07, 6.45) is 0. The second-order valence-electron chi connectivity index (χ2n) is 7.08. The zero-order valence-electron chi connectivity index (χ0n) is 19.1. The average molecular weight is 540 g/mol. The summed E-state index contributed by atoms with van der Waals surface area (Å²) in [5.74, 6) is -1.23. The number of anilines is 1. The summed E-state index contributed by atoms with van der Waals surface area (Å²) in [5, 5.41) is 6.45. The van der Waals surface area contributed by atoms with Crippen LogP contribution in [0.3, 0.4) is 0 Å². The van der Waals surface area contributed by atoms with Crippen molar-refractivity contribution in [3.63, 3.8) is 0 Å². The minimum absolute atomic E-state index is 0.211. The first-order chi connectivity index (χ1) is 16.8. The number of carbonyl (C=O) groups excluding carboxylic acids is 3. The lowest BCUT2D eigenvalue weighted by atomic mass is 10.1. The number of rotatable bonds is 7. The molecule has 0 radical (unpaired) electrons. The number of methoxy groups -OCH3 is 2. The molecule has 0 saturated carbocycles. The van der Waals surface area contributed by atoms with E-state index in [1.807, 2.05) is 0 Å². The molecule has 0 atom stereocenters. The van der Waals surface area contributed by atoms with Crippen LogP contribution in [0.15, 0.2) is 76.3 Å². The fraction of sp³-hybridized carbons (Fsp3) is 0.120. The van der Waals surface area contributed by atoms with Gasteiger partial charge in [0.25, 0.3) is 0 Å². The van der Waals surface area contributed by atoms with E-state index in [0.717, 1.165) is 4.47 Å². The van der Waals surface area contributed by atoms with Crippen LogP contribution in [-0.4, -0.2) is 37.7 Å². The lowest BCUT2D eigenvalue weighted by molar-refractivity contribution is -0.136. The summed E-state index contributed by atoms with van der Waals surface area (Å²) < 4.78 is 16.7. The van der Waals surface area contributed by atoms with Crippen molar-refractivity contribution >= 4 is 45.1 Å². The molecular formula is C25H22BrN3O6. The van der Waals surface area contributed by atoms with Crippen LogP contribution in [-0.2, 0) is 9.59 Å². The highest BCUT2D eigenvalue weighted by atomic mass is 79.9. The number of nitrogens with zero attached hydrogens (tertiary/aromatic N) is 1. The highest BCUT2D eigenvalue weighted by Gasteiger charge is 2.16. The average Bonchev–Trinajstić information content (AvgIpc) is 2.88. The van der Waals surface area contributed by atoms with Gasteiger partial charge in [0.2, 0.25) is 0 Å². The quantitative estimate of drug-likeness (QED) is 0.153. The molecule has 0 bridgehead atoms. The number of benzene rings is 3. The van der Waals surface area contributed by atoms with Crippen LogP contribution in [0, 0.1) is 0 Å². The molecule has 3 rings (SSSR count). The van der Waals surface area contributed by atoms with Crippen molar-refractivity contribution in [1.82, 2.24) is 5.43 Å². The Kier molecular flexibility index (Phi) is 8.58. The molecule has 0 saturated heterocycles. The summed E-state index contributed by atoms with van der Waals surface area (Å²) in [6, 6.07) is 18.1. The van der Waals surface area contributed by atoms with Gasteiger partial charge < -0.3 is 19.5 Å². The third kappa shape index (κ3) is 6.90. The summed E-state index contributed by atoms with van der Waals surface area (Å²) in [5.41, 5.74) is 4.02. The number of hydrogen-bond acceptors (Lipinski definition) is 7. The van der Waals surface area contributed by atoms with E-state index in [1.54, 1.807) is 73.7 Å². The minimum atomic E-state index is -0.927. The maximum absolute atomic E-state index is 12.5. The Morgan fingerprint density at radius 3 is 2.09 bits per heavy atom. The number of hydrogen-bond donors (Lipinski definition) is 2. The van der Waals surface area contributed by atoms with E-state index in [-0.39, 0.29) is 5.75 Å². The number of carbonyl (C=O) groups is 3. The fourth-order valence-electron chi connectivity index (χ4n) is 2.83. The van der Waals surface area contributed by atoms with Crippen LogP contribution in [0.4, 0.5) is 5.69 Å². The van der Waals surface area contributed by atoms with Gasteiger partial charge in [-0.05, 0) is 73.7 Å². The number of nitrogens with one attached hydrogen (secondary N) is 2. The molecule has 0 aromatic heterocycles. The van der Waals surface area contributed by atoms with Gasteiger partial charge in [0.15, 0.2) is 11.5 Å². The molecule has 0 unspecified atom stereocenters. The number of esters is 1. The van der Waals surface area contributed by atoms with Gasteiger partial charge >= 0.3 is 17.8 Å². The number of amides is 2. The first-order valence-corrected chi connectivity index (χ1v) is 11.1. The molecule has 0 aliphatic rings. The van der Waals surface area contributed by atoms with Crippen LogP contribution < -0.4 is 25.0 Å². The predicted molar refractivity (Wildman–Crippen MR) is 134 cm³/mol. The molecule has 9 nitrogen and oxygen atoms in total. The van der Waals surface area contributed by atoms with Crippen molar-refractivity contribution in [3.05, 3.63) is 82.3 Å². The van der Waals surface area contributed by atoms with Crippen LogP contribution >= 0.6 is 15.9 Å². The van der Waals surface area contributed by atoms with Gasteiger partial charge in [0, 0.05) is 15.7 Å². The fourth-order valence-corrected chi connectivity index (χ4v) is 3.10. The Balaban J connectivity index is 1.65. The summed E-state index contributed by atoms with van der Waals surface area (Å²) in [6.45, 7) is 1.64. The van der Waals surface area contributed by atoms with Crippen LogP contribution in [0.25, 0.3) is 0 Å². The van der Waals surface area contributed by atoms with Crippen molar-refractivity contribution in [3.8, 4) is 17.2 Å². The van der Waals surface area contributed by atoms with E-state index in [1.165, 1.54) is 14.2 Å². The molecule has 3 aromatic carbocycles. The number of hydrazone groups is 1. The summed E-state index contributed by atoms with van der Waals surface area (Å²) >= 11 is 3.30. The molecule has 0 spiro atoms. The van der Waals surface area contributed by atoms with E-state index in [0.29, 0.717) is 34.0 Å². The van der Waals surface area contributed by atoms with Crippen LogP contribution in [0.1, 0.15) is 22.8 Å². The molecule has 0 aliphatic heterocycles. The smallest absolute Gasteiger partial charge is 0.343 e. The van der Waals surface area contributed by atoms with Crippen molar-refractivity contribution in [1.29, 1.82) is 0 Å². The van der Waals surface area contributed by atoms with Crippen molar-refractivity contribution in [2.75, 3.05) is 19.5 Å². The lowest BCUT2D eigenvalue weighted by Crippen LogP contribution is -2.32. The largest absolute Gasteiger partial charge is 0.497 e. The van der Waals surface area contributed by atoms with Crippen molar-refractivity contribution in [2.45, 2.75) is 6.92 Å². The normalized spacial score (nSPS) is 10.8. The Labute approximate surface area is 210 Å². The highest BCUT2D eigenvalue weighted by molar-refractivity contribution is 9.10. The molecule has 0 fully saturated rings. The topological polar surface area (TPSA) is 115 Å². The first-order valence-electron chi connectivity index (χ1n) is 10.3. The van der Waals surface area contributed by atoms with E-state index in [2.05, 4.69) is 31.8 Å². The van der Waals surface area contributed by atoms with Crippen LogP contribution in [0.2, 0.25) is 0 Å². The van der Waals surface area contributed by atoms with Crippen LogP contribution in [0.5, 0.6) is 17.2 Å². The van der Waals surface area contributed by atoms with Gasteiger partial charge in [-0.1, -0.05) is 15.9 Å².